The maximum absolute atomic E-state index is 11.9. The van der Waals surface area contributed by atoms with Crippen LogP contribution in [0.4, 0.5) is 23.0 Å². The van der Waals surface area contributed by atoms with Gasteiger partial charge in [-0.1, -0.05) is 0 Å². The van der Waals surface area contributed by atoms with E-state index in [1.165, 1.54) is 6.92 Å². The summed E-state index contributed by atoms with van der Waals surface area (Å²) in [6, 6.07) is 3.35. The number of hydrogen-bond acceptors (Lipinski definition) is 6. The van der Waals surface area contributed by atoms with Gasteiger partial charge in [-0.3, -0.25) is 9.59 Å². The quantitative estimate of drug-likeness (QED) is 0.622. The Labute approximate surface area is 122 Å². The van der Waals surface area contributed by atoms with E-state index in [0.29, 0.717) is 34.1 Å². The predicted molar refractivity (Wildman–Crippen MR) is 80.0 cm³/mol. The molecule has 0 unspecified atom stereocenters. The highest BCUT2D eigenvalue weighted by Crippen LogP contribution is 2.46. The van der Waals surface area contributed by atoms with Gasteiger partial charge in [0.1, 0.15) is 0 Å². The zero-order valence-corrected chi connectivity index (χ0v) is 12.0. The van der Waals surface area contributed by atoms with Gasteiger partial charge in [0, 0.05) is 37.6 Å². The molecule has 6 nitrogen and oxygen atoms in total. The standard InChI is InChI=1S/C15H14N4O2/c1-9(21)11-5-7-17-15-13(11)18(2)12-10(8-20)4-6-16-14(12)19(15)3/h4-8H,1-3H3. The lowest BCUT2D eigenvalue weighted by atomic mass is 10.1. The van der Waals surface area contributed by atoms with Crippen molar-refractivity contribution in [2.24, 2.45) is 0 Å². The van der Waals surface area contributed by atoms with Crippen molar-refractivity contribution in [3.63, 3.8) is 0 Å². The zero-order chi connectivity index (χ0) is 15.1. The third-order valence-electron chi connectivity index (χ3n) is 3.65. The zero-order valence-electron chi connectivity index (χ0n) is 12.0. The Morgan fingerprint density at radius 2 is 1.67 bits per heavy atom. The van der Waals surface area contributed by atoms with E-state index in [4.69, 9.17) is 0 Å². The van der Waals surface area contributed by atoms with E-state index in [2.05, 4.69) is 9.97 Å². The van der Waals surface area contributed by atoms with Crippen LogP contribution in [0.15, 0.2) is 24.5 Å². The van der Waals surface area contributed by atoms with Gasteiger partial charge in [-0.15, -0.1) is 0 Å². The normalized spacial score (nSPS) is 12.7. The van der Waals surface area contributed by atoms with E-state index in [1.807, 2.05) is 19.0 Å². The molecule has 0 aliphatic carbocycles. The summed E-state index contributed by atoms with van der Waals surface area (Å²) in [4.78, 5) is 35.5. The first-order chi connectivity index (χ1) is 10.1. The Balaban J connectivity index is 2.34. The van der Waals surface area contributed by atoms with E-state index in [1.54, 1.807) is 29.4 Å². The number of carbonyl (C=O) groups is 2. The molecule has 0 bridgehead atoms. The Morgan fingerprint density at radius 3 is 2.29 bits per heavy atom. The largest absolute Gasteiger partial charge is 0.337 e. The van der Waals surface area contributed by atoms with Gasteiger partial charge in [-0.2, -0.15) is 0 Å². The van der Waals surface area contributed by atoms with Crippen LogP contribution in [-0.4, -0.2) is 36.1 Å². The Kier molecular flexibility index (Phi) is 2.94. The second-order valence-electron chi connectivity index (χ2n) is 4.90. The summed E-state index contributed by atoms with van der Waals surface area (Å²) in [5, 5.41) is 0. The number of anilines is 4. The molecule has 3 rings (SSSR count). The lowest BCUT2D eigenvalue weighted by molar-refractivity contribution is 0.101. The summed E-state index contributed by atoms with van der Waals surface area (Å²) in [7, 11) is 3.64. The van der Waals surface area contributed by atoms with Gasteiger partial charge in [0.15, 0.2) is 23.7 Å². The molecule has 0 aromatic carbocycles. The fraction of sp³-hybridized carbons (Fsp3) is 0.200. The average Bonchev–Trinajstić information content (AvgIpc) is 2.50. The molecule has 1 aliphatic rings. The number of nitrogens with zero attached hydrogens (tertiary/aromatic N) is 4. The lowest BCUT2D eigenvalue weighted by Crippen LogP contribution is -2.28. The molecule has 0 atom stereocenters. The summed E-state index contributed by atoms with van der Waals surface area (Å²) < 4.78 is 0. The van der Waals surface area contributed by atoms with Crippen molar-refractivity contribution in [1.29, 1.82) is 0 Å². The maximum Gasteiger partial charge on any atom is 0.162 e. The number of aromatic nitrogens is 2. The number of ketones is 1. The molecule has 0 N–H and O–H groups in total. The molecule has 1 aliphatic heterocycles. The van der Waals surface area contributed by atoms with Gasteiger partial charge < -0.3 is 9.80 Å². The number of fused-ring (bicyclic) bond motifs is 2. The maximum atomic E-state index is 11.9. The van der Waals surface area contributed by atoms with Crippen molar-refractivity contribution in [3.8, 4) is 0 Å². The lowest BCUT2D eigenvalue weighted by Gasteiger charge is -2.36. The number of aldehydes is 1. The van der Waals surface area contributed by atoms with Crippen LogP contribution in [0, 0.1) is 0 Å². The Morgan fingerprint density at radius 1 is 1.05 bits per heavy atom. The number of pyridine rings is 2. The van der Waals surface area contributed by atoms with Crippen LogP contribution in [0.5, 0.6) is 0 Å². The molecule has 0 saturated heterocycles. The minimum atomic E-state index is -0.0473. The van der Waals surface area contributed by atoms with Crippen LogP contribution >= 0.6 is 0 Å². The fourth-order valence-electron chi connectivity index (χ4n) is 2.66. The van der Waals surface area contributed by atoms with Crippen molar-refractivity contribution in [2.75, 3.05) is 23.9 Å². The van der Waals surface area contributed by atoms with E-state index >= 15 is 0 Å². The third kappa shape index (κ3) is 1.79. The van der Waals surface area contributed by atoms with Gasteiger partial charge >= 0.3 is 0 Å². The second kappa shape index (κ2) is 4.66. The minimum absolute atomic E-state index is 0.0473. The first-order valence-corrected chi connectivity index (χ1v) is 6.47. The molecule has 2 aromatic rings. The van der Waals surface area contributed by atoms with Crippen LogP contribution in [0.3, 0.4) is 0 Å². The molecule has 0 fully saturated rings. The number of Topliss-reactive ketones (excluding diaryl/α,β-unsaturated/α-hetero) is 1. The van der Waals surface area contributed by atoms with Gasteiger partial charge in [0.25, 0.3) is 0 Å². The molecule has 0 spiro atoms. The number of rotatable bonds is 2. The van der Waals surface area contributed by atoms with Crippen LogP contribution in [0.1, 0.15) is 27.6 Å². The highest BCUT2D eigenvalue weighted by Gasteiger charge is 2.31. The van der Waals surface area contributed by atoms with Gasteiger partial charge in [-0.05, 0) is 19.1 Å². The average molecular weight is 282 g/mol. The summed E-state index contributed by atoms with van der Waals surface area (Å²) in [6.07, 6.45) is 3.99. The molecule has 0 radical (unpaired) electrons. The predicted octanol–water partition coefficient (Wildman–Crippen LogP) is 2.34. The molecule has 3 heterocycles. The summed E-state index contributed by atoms with van der Waals surface area (Å²) in [6.45, 7) is 1.52. The molecule has 106 valence electrons. The molecule has 0 saturated carbocycles. The summed E-state index contributed by atoms with van der Waals surface area (Å²) in [5.74, 6) is 1.24. The molecular formula is C15H14N4O2. The molecule has 21 heavy (non-hydrogen) atoms. The van der Waals surface area contributed by atoms with E-state index in [-0.39, 0.29) is 5.78 Å². The summed E-state index contributed by atoms with van der Waals surface area (Å²) in [5.41, 5.74) is 2.47. The van der Waals surface area contributed by atoms with E-state index in [0.717, 1.165) is 6.29 Å². The Bertz CT molecular complexity index is 757. The molecule has 2 aromatic heterocycles. The van der Waals surface area contributed by atoms with E-state index in [9.17, 15) is 9.59 Å². The van der Waals surface area contributed by atoms with Gasteiger partial charge in [-0.25, -0.2) is 9.97 Å². The highest BCUT2D eigenvalue weighted by molar-refractivity contribution is 6.07. The van der Waals surface area contributed by atoms with Gasteiger partial charge in [0.2, 0.25) is 0 Å². The van der Waals surface area contributed by atoms with Gasteiger partial charge in [0.05, 0.1) is 11.4 Å². The summed E-state index contributed by atoms with van der Waals surface area (Å²) >= 11 is 0. The monoisotopic (exact) mass is 282 g/mol. The second-order valence-corrected chi connectivity index (χ2v) is 4.90. The van der Waals surface area contributed by atoms with Crippen molar-refractivity contribution >= 4 is 35.1 Å². The van der Waals surface area contributed by atoms with Crippen LogP contribution < -0.4 is 9.80 Å². The van der Waals surface area contributed by atoms with Crippen molar-refractivity contribution in [1.82, 2.24) is 9.97 Å². The third-order valence-corrected chi connectivity index (χ3v) is 3.65. The van der Waals surface area contributed by atoms with E-state index < -0.39 is 0 Å². The van der Waals surface area contributed by atoms with Crippen LogP contribution in [-0.2, 0) is 0 Å². The fourth-order valence-corrected chi connectivity index (χ4v) is 2.66. The minimum Gasteiger partial charge on any atom is -0.337 e. The molecule has 6 heteroatoms. The van der Waals surface area contributed by atoms with Crippen molar-refractivity contribution in [3.05, 3.63) is 35.7 Å². The first-order valence-electron chi connectivity index (χ1n) is 6.47. The number of hydrogen-bond donors (Lipinski definition) is 0. The van der Waals surface area contributed by atoms with Crippen LogP contribution in [0.25, 0.3) is 0 Å². The first kappa shape index (κ1) is 13.2. The molecular weight excluding hydrogens is 268 g/mol. The molecule has 0 amide bonds. The van der Waals surface area contributed by atoms with Crippen LogP contribution in [0.2, 0.25) is 0 Å². The Hall–Kier alpha value is -2.76. The topological polar surface area (TPSA) is 66.4 Å². The SMILES string of the molecule is CC(=O)c1ccnc2c1N(C)c1c(C=O)ccnc1N2C. The highest BCUT2D eigenvalue weighted by atomic mass is 16.1. The van der Waals surface area contributed by atoms with Crippen molar-refractivity contribution in [2.45, 2.75) is 6.92 Å². The smallest absolute Gasteiger partial charge is 0.162 e. The number of carbonyl (C=O) groups excluding carboxylic acids is 2. The van der Waals surface area contributed by atoms with Crippen molar-refractivity contribution < 1.29 is 9.59 Å².